The standard InChI is InChI=1S/C13H15NO4S/c1-8-2-3-9(6-11(8)15)12(16)14-4-5-19-7-10(14)13(17)18/h2-3,6,10,15H,4-5,7H2,1H3,(H,17,18). The summed E-state index contributed by atoms with van der Waals surface area (Å²) in [5, 5.41) is 18.8. The molecule has 1 heterocycles. The molecule has 102 valence electrons. The predicted octanol–water partition coefficient (Wildman–Crippen LogP) is 1.34. The normalized spacial score (nSPS) is 19.2. The van der Waals surface area contributed by atoms with E-state index in [1.54, 1.807) is 19.1 Å². The quantitative estimate of drug-likeness (QED) is 0.855. The number of benzene rings is 1. The van der Waals surface area contributed by atoms with E-state index in [-0.39, 0.29) is 11.7 Å². The van der Waals surface area contributed by atoms with Crippen molar-refractivity contribution in [2.45, 2.75) is 13.0 Å². The molecule has 5 nitrogen and oxygen atoms in total. The van der Waals surface area contributed by atoms with Crippen molar-refractivity contribution in [2.75, 3.05) is 18.1 Å². The minimum Gasteiger partial charge on any atom is -0.508 e. The first-order valence-electron chi connectivity index (χ1n) is 5.92. The Labute approximate surface area is 115 Å². The minimum absolute atomic E-state index is 0.0455. The zero-order valence-electron chi connectivity index (χ0n) is 10.5. The lowest BCUT2D eigenvalue weighted by atomic mass is 10.1. The zero-order valence-corrected chi connectivity index (χ0v) is 11.3. The van der Waals surface area contributed by atoms with Crippen molar-refractivity contribution in [1.29, 1.82) is 0 Å². The number of carbonyl (C=O) groups excluding carboxylic acids is 1. The maximum atomic E-state index is 12.3. The Bertz CT molecular complexity index is 517. The van der Waals surface area contributed by atoms with Crippen LogP contribution < -0.4 is 0 Å². The third-order valence-electron chi connectivity index (χ3n) is 3.13. The highest BCUT2D eigenvalue weighted by atomic mass is 32.2. The molecule has 0 saturated carbocycles. The molecule has 0 aromatic heterocycles. The molecule has 0 aliphatic carbocycles. The summed E-state index contributed by atoms with van der Waals surface area (Å²) < 4.78 is 0. The Morgan fingerprint density at radius 1 is 1.42 bits per heavy atom. The highest BCUT2D eigenvalue weighted by Gasteiger charge is 2.32. The van der Waals surface area contributed by atoms with Crippen LogP contribution in [0.3, 0.4) is 0 Å². The van der Waals surface area contributed by atoms with E-state index in [0.717, 1.165) is 5.75 Å². The number of aromatic hydroxyl groups is 1. The van der Waals surface area contributed by atoms with Crippen LogP contribution in [0, 0.1) is 6.92 Å². The predicted molar refractivity (Wildman–Crippen MR) is 72.6 cm³/mol. The Hall–Kier alpha value is -1.69. The number of nitrogens with zero attached hydrogens (tertiary/aromatic N) is 1. The number of rotatable bonds is 2. The highest BCUT2D eigenvalue weighted by Crippen LogP contribution is 2.22. The molecule has 1 atom stereocenters. The van der Waals surface area contributed by atoms with Gasteiger partial charge in [-0.2, -0.15) is 11.8 Å². The molecule has 1 aromatic carbocycles. The molecule has 1 amide bonds. The van der Waals surface area contributed by atoms with Gasteiger partial charge in [-0.1, -0.05) is 6.07 Å². The van der Waals surface area contributed by atoms with Gasteiger partial charge in [0.2, 0.25) is 0 Å². The number of carboxylic acids is 1. The summed E-state index contributed by atoms with van der Waals surface area (Å²) in [4.78, 5) is 24.8. The number of phenolic OH excluding ortho intramolecular Hbond substituents is 1. The summed E-state index contributed by atoms with van der Waals surface area (Å²) in [6, 6.07) is 3.85. The Morgan fingerprint density at radius 3 is 2.79 bits per heavy atom. The van der Waals surface area contributed by atoms with Gasteiger partial charge in [0.05, 0.1) is 0 Å². The van der Waals surface area contributed by atoms with E-state index in [1.807, 2.05) is 0 Å². The third kappa shape index (κ3) is 2.84. The number of hydrogen-bond acceptors (Lipinski definition) is 4. The second-order valence-electron chi connectivity index (χ2n) is 4.43. The fourth-order valence-electron chi connectivity index (χ4n) is 1.96. The monoisotopic (exact) mass is 281 g/mol. The van der Waals surface area contributed by atoms with Crippen molar-refractivity contribution in [1.82, 2.24) is 4.90 Å². The van der Waals surface area contributed by atoms with Crippen LogP contribution in [0.15, 0.2) is 18.2 Å². The van der Waals surface area contributed by atoms with Crippen molar-refractivity contribution in [3.8, 4) is 5.75 Å². The van der Waals surface area contributed by atoms with Crippen LogP contribution in [-0.2, 0) is 4.79 Å². The summed E-state index contributed by atoms with van der Waals surface area (Å²) in [5.41, 5.74) is 1.00. The fraction of sp³-hybridized carbons (Fsp3) is 0.385. The molecule has 0 bridgehead atoms. The van der Waals surface area contributed by atoms with Crippen molar-refractivity contribution < 1.29 is 19.8 Å². The molecule has 0 radical (unpaired) electrons. The molecule has 1 saturated heterocycles. The molecule has 1 fully saturated rings. The van der Waals surface area contributed by atoms with Crippen molar-refractivity contribution in [3.63, 3.8) is 0 Å². The number of aryl methyl sites for hydroxylation is 1. The number of carboxylic acid groups (broad SMARTS) is 1. The number of aliphatic carboxylic acids is 1. The molecule has 1 aliphatic heterocycles. The van der Waals surface area contributed by atoms with Gasteiger partial charge in [-0.25, -0.2) is 4.79 Å². The highest BCUT2D eigenvalue weighted by molar-refractivity contribution is 7.99. The van der Waals surface area contributed by atoms with Gasteiger partial charge < -0.3 is 15.1 Å². The average Bonchev–Trinajstić information content (AvgIpc) is 2.41. The van der Waals surface area contributed by atoms with Gasteiger partial charge in [0.25, 0.3) is 5.91 Å². The van der Waals surface area contributed by atoms with Gasteiger partial charge >= 0.3 is 5.97 Å². The van der Waals surface area contributed by atoms with E-state index >= 15 is 0 Å². The van der Waals surface area contributed by atoms with E-state index in [4.69, 9.17) is 5.11 Å². The second-order valence-corrected chi connectivity index (χ2v) is 5.58. The van der Waals surface area contributed by atoms with Crippen LogP contribution >= 0.6 is 11.8 Å². The van der Waals surface area contributed by atoms with Crippen molar-refractivity contribution >= 4 is 23.6 Å². The molecule has 0 spiro atoms. The lowest BCUT2D eigenvalue weighted by Gasteiger charge is -2.32. The molecule has 2 N–H and O–H groups in total. The van der Waals surface area contributed by atoms with Crippen LogP contribution in [-0.4, -0.2) is 51.1 Å². The Morgan fingerprint density at radius 2 is 2.16 bits per heavy atom. The fourth-order valence-corrected chi connectivity index (χ4v) is 3.00. The van der Waals surface area contributed by atoms with E-state index in [9.17, 15) is 14.7 Å². The van der Waals surface area contributed by atoms with Crippen LogP contribution in [0.1, 0.15) is 15.9 Å². The Balaban J connectivity index is 2.26. The minimum atomic E-state index is -0.989. The van der Waals surface area contributed by atoms with Crippen LogP contribution in [0.25, 0.3) is 0 Å². The van der Waals surface area contributed by atoms with E-state index in [2.05, 4.69) is 0 Å². The summed E-state index contributed by atoms with van der Waals surface area (Å²) in [6.07, 6.45) is 0. The lowest BCUT2D eigenvalue weighted by Crippen LogP contribution is -2.50. The van der Waals surface area contributed by atoms with Gasteiger partial charge in [-0.05, 0) is 24.6 Å². The van der Waals surface area contributed by atoms with E-state index < -0.39 is 12.0 Å². The first-order chi connectivity index (χ1) is 9.00. The van der Waals surface area contributed by atoms with E-state index in [0.29, 0.717) is 23.4 Å². The van der Waals surface area contributed by atoms with Crippen molar-refractivity contribution in [3.05, 3.63) is 29.3 Å². The molecule has 1 aromatic rings. The number of thioether (sulfide) groups is 1. The smallest absolute Gasteiger partial charge is 0.327 e. The molecule has 6 heteroatoms. The first-order valence-corrected chi connectivity index (χ1v) is 7.07. The molecular formula is C13H15NO4S. The van der Waals surface area contributed by atoms with E-state index in [1.165, 1.54) is 22.7 Å². The largest absolute Gasteiger partial charge is 0.508 e. The van der Waals surface area contributed by atoms with Gasteiger partial charge in [0, 0.05) is 23.6 Å². The van der Waals surface area contributed by atoms with Gasteiger partial charge in [-0.3, -0.25) is 4.79 Å². The SMILES string of the molecule is Cc1ccc(C(=O)N2CCSCC2C(=O)O)cc1O. The maximum absolute atomic E-state index is 12.3. The molecular weight excluding hydrogens is 266 g/mol. The van der Waals surface area contributed by atoms with Crippen LogP contribution in [0.5, 0.6) is 5.75 Å². The Kier molecular flexibility index (Phi) is 3.99. The van der Waals surface area contributed by atoms with Gasteiger partial charge in [-0.15, -0.1) is 0 Å². The summed E-state index contributed by atoms with van der Waals surface area (Å²) in [7, 11) is 0. The molecule has 1 unspecified atom stereocenters. The second kappa shape index (κ2) is 5.52. The number of phenols is 1. The maximum Gasteiger partial charge on any atom is 0.327 e. The topological polar surface area (TPSA) is 77.8 Å². The number of amides is 1. The van der Waals surface area contributed by atoms with Crippen LogP contribution in [0.2, 0.25) is 0 Å². The lowest BCUT2D eigenvalue weighted by molar-refractivity contribution is -0.141. The summed E-state index contributed by atoms with van der Waals surface area (Å²) >= 11 is 1.53. The summed E-state index contributed by atoms with van der Waals surface area (Å²) in [5.74, 6) is -0.157. The van der Waals surface area contributed by atoms with Crippen molar-refractivity contribution in [2.24, 2.45) is 0 Å². The number of hydrogen-bond donors (Lipinski definition) is 2. The van der Waals surface area contributed by atoms with Gasteiger partial charge in [0.15, 0.2) is 0 Å². The molecule has 1 aliphatic rings. The van der Waals surface area contributed by atoms with Gasteiger partial charge in [0.1, 0.15) is 11.8 Å². The third-order valence-corrected chi connectivity index (χ3v) is 4.15. The number of carbonyl (C=O) groups is 2. The zero-order chi connectivity index (χ0) is 14.0. The molecule has 2 rings (SSSR count). The average molecular weight is 281 g/mol. The first kappa shape index (κ1) is 13.7. The van der Waals surface area contributed by atoms with Crippen LogP contribution in [0.4, 0.5) is 0 Å². The molecule has 19 heavy (non-hydrogen) atoms. The summed E-state index contributed by atoms with van der Waals surface area (Å²) in [6.45, 7) is 2.15.